The Morgan fingerprint density at radius 3 is 2.80 bits per heavy atom. The van der Waals surface area contributed by atoms with E-state index in [9.17, 15) is 14.0 Å². The van der Waals surface area contributed by atoms with Gasteiger partial charge in [-0.3, -0.25) is 14.2 Å². The molecule has 1 aliphatic rings. The lowest BCUT2D eigenvalue weighted by atomic mass is 10.1. The predicted molar refractivity (Wildman–Crippen MR) is 95.2 cm³/mol. The highest BCUT2D eigenvalue weighted by molar-refractivity contribution is 7.99. The fraction of sp³-hybridized carbons (Fsp3) is 0.389. The number of hydrogen-bond acceptors (Lipinski definition) is 4. The zero-order valence-electron chi connectivity index (χ0n) is 14.2. The number of halogens is 1. The van der Waals surface area contributed by atoms with Crippen LogP contribution < -0.4 is 10.9 Å². The number of rotatable bonds is 5. The van der Waals surface area contributed by atoms with Crippen molar-refractivity contribution < 1.29 is 9.18 Å². The quantitative estimate of drug-likeness (QED) is 0.832. The number of carbonyl (C=O) groups excluding carboxylic acids is 1. The molecule has 0 aliphatic carbocycles. The second kappa shape index (κ2) is 7.39. The second-order valence-electron chi connectivity index (χ2n) is 6.40. The molecule has 132 valence electrons. The van der Waals surface area contributed by atoms with Crippen molar-refractivity contribution in [3.8, 4) is 0 Å². The van der Waals surface area contributed by atoms with Crippen LogP contribution in [0, 0.1) is 5.82 Å². The lowest BCUT2D eigenvalue weighted by molar-refractivity contribution is -0.121. The van der Waals surface area contributed by atoms with Crippen LogP contribution in [0.5, 0.6) is 0 Å². The van der Waals surface area contributed by atoms with Crippen molar-refractivity contribution in [1.29, 1.82) is 0 Å². The van der Waals surface area contributed by atoms with Crippen LogP contribution in [-0.2, 0) is 11.3 Å². The number of fused-ring (bicyclic) bond motifs is 1. The van der Waals surface area contributed by atoms with Gasteiger partial charge in [0.15, 0.2) is 5.16 Å². The van der Waals surface area contributed by atoms with Crippen molar-refractivity contribution >= 4 is 17.7 Å². The summed E-state index contributed by atoms with van der Waals surface area (Å²) in [7, 11) is 0. The van der Waals surface area contributed by atoms with Crippen LogP contribution >= 0.6 is 11.8 Å². The molecule has 2 aromatic rings. The van der Waals surface area contributed by atoms with E-state index in [1.54, 1.807) is 22.8 Å². The van der Waals surface area contributed by atoms with Crippen LogP contribution in [0.4, 0.5) is 4.39 Å². The smallest absolute Gasteiger partial charge is 0.254 e. The average Bonchev–Trinajstić information content (AvgIpc) is 2.97. The van der Waals surface area contributed by atoms with E-state index in [4.69, 9.17) is 0 Å². The Kier molecular flexibility index (Phi) is 5.22. The number of nitrogens with zero attached hydrogens (tertiary/aromatic N) is 2. The molecule has 0 spiro atoms. The van der Waals surface area contributed by atoms with E-state index >= 15 is 0 Å². The molecule has 7 heteroatoms. The zero-order valence-corrected chi connectivity index (χ0v) is 15.0. The van der Waals surface area contributed by atoms with E-state index in [1.165, 1.54) is 23.9 Å². The Bertz CT molecular complexity index is 833. The van der Waals surface area contributed by atoms with Crippen molar-refractivity contribution in [3.05, 3.63) is 57.8 Å². The van der Waals surface area contributed by atoms with Crippen molar-refractivity contribution in [1.82, 2.24) is 14.9 Å². The molecular formula is C18H20FN3O2S. The molecule has 0 saturated heterocycles. The van der Waals surface area contributed by atoms with Gasteiger partial charge in [-0.1, -0.05) is 37.7 Å². The van der Waals surface area contributed by atoms with E-state index in [1.807, 2.05) is 13.8 Å². The molecule has 5 nitrogen and oxygen atoms in total. The molecule has 0 bridgehead atoms. The minimum Gasteiger partial charge on any atom is -0.352 e. The van der Waals surface area contributed by atoms with Crippen molar-refractivity contribution in [2.24, 2.45) is 0 Å². The zero-order chi connectivity index (χ0) is 18.0. The van der Waals surface area contributed by atoms with Gasteiger partial charge in [0.2, 0.25) is 5.91 Å². The maximum absolute atomic E-state index is 12.9. The number of nitrogens with one attached hydrogen (secondary N) is 1. The van der Waals surface area contributed by atoms with Gasteiger partial charge < -0.3 is 5.32 Å². The lowest BCUT2D eigenvalue weighted by Crippen LogP contribution is -2.30. The van der Waals surface area contributed by atoms with Crippen LogP contribution in [0.25, 0.3) is 0 Å². The summed E-state index contributed by atoms with van der Waals surface area (Å²) in [6, 6.07) is 7.38. The summed E-state index contributed by atoms with van der Waals surface area (Å²) in [5.41, 5.74) is 1.51. The SMILES string of the molecule is CC(C)c1cc(=O)n2c(n1)SCC2CC(=O)NCc1ccc(F)cc1. The molecule has 0 saturated carbocycles. The van der Waals surface area contributed by atoms with Gasteiger partial charge in [-0.15, -0.1) is 0 Å². The highest BCUT2D eigenvalue weighted by Crippen LogP contribution is 2.32. The van der Waals surface area contributed by atoms with Gasteiger partial charge in [0, 0.05) is 24.8 Å². The summed E-state index contributed by atoms with van der Waals surface area (Å²) in [6.07, 6.45) is 0.226. The Balaban J connectivity index is 1.64. The van der Waals surface area contributed by atoms with Crippen molar-refractivity contribution in [2.75, 3.05) is 5.75 Å². The number of aromatic nitrogens is 2. The molecule has 1 aromatic carbocycles. The molecule has 0 radical (unpaired) electrons. The molecule has 1 unspecified atom stereocenters. The Morgan fingerprint density at radius 2 is 2.12 bits per heavy atom. The van der Waals surface area contributed by atoms with E-state index < -0.39 is 0 Å². The molecule has 1 aliphatic heterocycles. The lowest BCUT2D eigenvalue weighted by Gasteiger charge is -2.14. The molecule has 0 fully saturated rings. The second-order valence-corrected chi connectivity index (χ2v) is 7.39. The Morgan fingerprint density at radius 1 is 1.40 bits per heavy atom. The van der Waals surface area contributed by atoms with E-state index in [0.717, 1.165) is 11.3 Å². The number of hydrogen-bond donors (Lipinski definition) is 1. The monoisotopic (exact) mass is 361 g/mol. The first-order valence-electron chi connectivity index (χ1n) is 8.21. The molecule has 1 amide bonds. The van der Waals surface area contributed by atoms with Crippen molar-refractivity contribution in [2.45, 2.75) is 43.9 Å². The minimum absolute atomic E-state index is 0.102. The van der Waals surface area contributed by atoms with Crippen LogP contribution in [0.3, 0.4) is 0 Å². The standard InChI is InChI=1S/C18H20FN3O2S/c1-11(2)15-8-17(24)22-14(10-25-18(22)21-15)7-16(23)20-9-12-3-5-13(19)6-4-12/h3-6,8,11,14H,7,9-10H2,1-2H3,(H,20,23). The predicted octanol–water partition coefficient (Wildman–Crippen LogP) is 2.86. The summed E-state index contributed by atoms with van der Waals surface area (Å²) in [4.78, 5) is 29.1. The van der Waals surface area contributed by atoms with E-state index in [2.05, 4.69) is 10.3 Å². The minimum atomic E-state index is -0.303. The molecule has 1 aromatic heterocycles. The number of thioether (sulfide) groups is 1. The summed E-state index contributed by atoms with van der Waals surface area (Å²) >= 11 is 1.51. The van der Waals surface area contributed by atoms with Gasteiger partial charge in [-0.2, -0.15) is 0 Å². The van der Waals surface area contributed by atoms with Crippen LogP contribution in [0.15, 0.2) is 40.3 Å². The van der Waals surface area contributed by atoms with Crippen molar-refractivity contribution in [3.63, 3.8) is 0 Å². The van der Waals surface area contributed by atoms with E-state index in [-0.39, 0.29) is 35.7 Å². The summed E-state index contributed by atoms with van der Waals surface area (Å²) in [6.45, 7) is 4.34. The first-order chi connectivity index (χ1) is 11.9. The number of benzene rings is 1. The molecule has 3 rings (SSSR count). The number of carbonyl (C=O) groups is 1. The average molecular weight is 361 g/mol. The van der Waals surface area contributed by atoms with Gasteiger partial charge >= 0.3 is 0 Å². The third-order valence-electron chi connectivity index (χ3n) is 4.13. The van der Waals surface area contributed by atoms with Gasteiger partial charge in [0.1, 0.15) is 5.82 Å². The Labute approximate surface area is 149 Å². The summed E-state index contributed by atoms with van der Waals surface area (Å²) in [5, 5.41) is 3.51. The highest BCUT2D eigenvalue weighted by Gasteiger charge is 2.27. The fourth-order valence-corrected chi connectivity index (χ4v) is 3.86. The van der Waals surface area contributed by atoms with E-state index in [0.29, 0.717) is 17.5 Å². The molecule has 1 N–H and O–H groups in total. The molecular weight excluding hydrogens is 341 g/mol. The van der Waals surface area contributed by atoms with Gasteiger partial charge in [-0.25, -0.2) is 9.37 Å². The first-order valence-corrected chi connectivity index (χ1v) is 9.20. The van der Waals surface area contributed by atoms with Crippen LogP contribution in [0.1, 0.15) is 43.5 Å². The largest absolute Gasteiger partial charge is 0.352 e. The van der Waals surface area contributed by atoms with Gasteiger partial charge in [-0.05, 0) is 23.6 Å². The van der Waals surface area contributed by atoms with Crippen LogP contribution in [0.2, 0.25) is 0 Å². The molecule has 1 atom stereocenters. The highest BCUT2D eigenvalue weighted by atomic mass is 32.2. The van der Waals surface area contributed by atoms with Crippen LogP contribution in [-0.4, -0.2) is 21.2 Å². The topological polar surface area (TPSA) is 64.0 Å². The summed E-state index contributed by atoms with van der Waals surface area (Å²) < 4.78 is 14.5. The third-order valence-corrected chi connectivity index (χ3v) is 5.22. The third kappa shape index (κ3) is 4.10. The van der Waals surface area contributed by atoms with Gasteiger partial charge in [0.05, 0.1) is 11.7 Å². The molecule has 2 heterocycles. The number of amides is 1. The first kappa shape index (κ1) is 17.7. The Hall–Kier alpha value is -2.15. The van der Waals surface area contributed by atoms with Gasteiger partial charge in [0.25, 0.3) is 5.56 Å². The maximum Gasteiger partial charge on any atom is 0.254 e. The fourth-order valence-electron chi connectivity index (χ4n) is 2.71. The normalized spacial score (nSPS) is 16.1. The maximum atomic E-state index is 12.9. The summed E-state index contributed by atoms with van der Waals surface area (Å²) in [5.74, 6) is 0.412. The molecule has 25 heavy (non-hydrogen) atoms.